The number of nitrogens with zero attached hydrogens (tertiary/aromatic N) is 1. The first-order valence-corrected chi connectivity index (χ1v) is 12.5. The van der Waals surface area contributed by atoms with Gasteiger partial charge in [0, 0.05) is 11.6 Å². The Balaban J connectivity index is 1.90. The zero-order valence-electron chi connectivity index (χ0n) is 19.9. The number of rotatable bonds is 10. The minimum atomic E-state index is -4.04. The zero-order valence-corrected chi connectivity index (χ0v) is 20.7. The fourth-order valence-electron chi connectivity index (χ4n) is 3.37. The smallest absolute Gasteiger partial charge is 0.264 e. The molecule has 0 aliphatic heterocycles. The lowest BCUT2D eigenvalue weighted by Gasteiger charge is -2.25. The highest BCUT2D eigenvalue weighted by molar-refractivity contribution is 7.92. The molecule has 8 nitrogen and oxygen atoms in total. The molecule has 3 aromatic carbocycles. The van der Waals surface area contributed by atoms with Crippen LogP contribution in [0.1, 0.15) is 29.8 Å². The molecule has 0 radical (unpaired) electrons. The van der Waals surface area contributed by atoms with Crippen LogP contribution in [0.5, 0.6) is 5.75 Å². The number of methoxy groups -OCH3 is 1. The van der Waals surface area contributed by atoms with Crippen molar-refractivity contribution in [3.63, 3.8) is 0 Å². The van der Waals surface area contributed by atoms with E-state index in [1.165, 1.54) is 35.7 Å². The van der Waals surface area contributed by atoms with Crippen molar-refractivity contribution < 1.29 is 22.7 Å². The molecule has 0 saturated carbocycles. The molecule has 35 heavy (non-hydrogen) atoms. The van der Waals surface area contributed by atoms with Gasteiger partial charge >= 0.3 is 0 Å². The van der Waals surface area contributed by atoms with E-state index in [1.54, 1.807) is 24.3 Å². The Kier molecular flexibility index (Phi) is 8.48. The van der Waals surface area contributed by atoms with Gasteiger partial charge in [0.1, 0.15) is 5.75 Å². The normalized spacial score (nSPS) is 11.1. The molecule has 0 fully saturated rings. The Morgan fingerprint density at radius 2 is 1.63 bits per heavy atom. The predicted octanol–water partition coefficient (Wildman–Crippen LogP) is 3.35. The number of carbonyl (C=O) groups is 2. The standard InChI is InChI=1S/C26H29N3O5S/c1-19(2)28-25(30)17-27-26(31)21-10-7-11-24(16-21)35(32,33)29(18-20-8-5-4-6-9-20)22-12-14-23(34-3)15-13-22/h4-16,19H,17-18H2,1-3H3,(H,27,31)(H,28,30). The van der Waals surface area contributed by atoms with Gasteiger partial charge in [-0.05, 0) is 61.9 Å². The molecule has 0 aliphatic carbocycles. The molecule has 0 saturated heterocycles. The molecular weight excluding hydrogens is 466 g/mol. The van der Waals surface area contributed by atoms with Gasteiger partial charge in [0.2, 0.25) is 5.91 Å². The average molecular weight is 496 g/mol. The molecular formula is C26H29N3O5S. The number of hydrogen-bond acceptors (Lipinski definition) is 5. The van der Waals surface area contributed by atoms with Crippen LogP contribution in [0.4, 0.5) is 5.69 Å². The molecule has 0 aromatic heterocycles. The summed E-state index contributed by atoms with van der Waals surface area (Å²) < 4.78 is 34.0. The second-order valence-corrected chi connectivity index (χ2v) is 9.99. The summed E-state index contributed by atoms with van der Waals surface area (Å²) in [6.07, 6.45) is 0. The van der Waals surface area contributed by atoms with Crippen molar-refractivity contribution in [3.8, 4) is 5.75 Å². The third-order valence-electron chi connectivity index (χ3n) is 5.07. The minimum Gasteiger partial charge on any atom is -0.497 e. The lowest BCUT2D eigenvalue weighted by molar-refractivity contribution is -0.120. The van der Waals surface area contributed by atoms with E-state index in [2.05, 4.69) is 10.6 Å². The van der Waals surface area contributed by atoms with Crippen molar-refractivity contribution in [3.05, 3.63) is 90.0 Å². The lowest BCUT2D eigenvalue weighted by atomic mass is 10.2. The van der Waals surface area contributed by atoms with Crippen LogP contribution in [0.3, 0.4) is 0 Å². The maximum Gasteiger partial charge on any atom is 0.264 e. The third-order valence-corrected chi connectivity index (χ3v) is 6.84. The predicted molar refractivity (Wildman–Crippen MR) is 135 cm³/mol. The molecule has 0 aliphatic rings. The summed E-state index contributed by atoms with van der Waals surface area (Å²) in [5.74, 6) is -0.267. The van der Waals surface area contributed by atoms with E-state index < -0.39 is 15.9 Å². The van der Waals surface area contributed by atoms with Crippen molar-refractivity contribution in [1.82, 2.24) is 10.6 Å². The van der Waals surface area contributed by atoms with Crippen LogP contribution in [0.2, 0.25) is 0 Å². The van der Waals surface area contributed by atoms with Crippen LogP contribution in [0.15, 0.2) is 83.8 Å². The van der Waals surface area contributed by atoms with Gasteiger partial charge in [0.25, 0.3) is 15.9 Å². The number of amides is 2. The van der Waals surface area contributed by atoms with E-state index in [4.69, 9.17) is 4.74 Å². The van der Waals surface area contributed by atoms with E-state index >= 15 is 0 Å². The van der Waals surface area contributed by atoms with E-state index in [1.807, 2.05) is 44.2 Å². The number of nitrogens with one attached hydrogen (secondary N) is 2. The van der Waals surface area contributed by atoms with E-state index in [9.17, 15) is 18.0 Å². The van der Waals surface area contributed by atoms with E-state index in [0.29, 0.717) is 11.4 Å². The Labute approximate surface area is 206 Å². The summed E-state index contributed by atoms with van der Waals surface area (Å²) in [4.78, 5) is 24.4. The highest BCUT2D eigenvalue weighted by atomic mass is 32.2. The Morgan fingerprint density at radius 1 is 0.943 bits per heavy atom. The van der Waals surface area contributed by atoms with E-state index in [0.717, 1.165) is 5.56 Å². The molecule has 0 unspecified atom stereocenters. The quantitative estimate of drug-likeness (QED) is 0.449. The topological polar surface area (TPSA) is 105 Å². The summed E-state index contributed by atoms with van der Waals surface area (Å²) >= 11 is 0. The number of hydrogen-bond donors (Lipinski definition) is 2. The molecule has 0 heterocycles. The summed E-state index contributed by atoms with van der Waals surface area (Å²) in [6, 6.07) is 21.7. The molecule has 3 rings (SSSR count). The Hall–Kier alpha value is -3.85. The summed E-state index contributed by atoms with van der Waals surface area (Å²) in [5, 5.41) is 5.21. The monoisotopic (exact) mass is 495 g/mol. The van der Waals surface area contributed by atoms with Gasteiger partial charge in [0.05, 0.1) is 30.8 Å². The van der Waals surface area contributed by atoms with Gasteiger partial charge in [0.15, 0.2) is 0 Å². The number of ether oxygens (including phenoxy) is 1. The van der Waals surface area contributed by atoms with Gasteiger partial charge < -0.3 is 15.4 Å². The fourth-order valence-corrected chi connectivity index (χ4v) is 4.87. The van der Waals surface area contributed by atoms with Crippen molar-refractivity contribution in [2.45, 2.75) is 31.3 Å². The number of carbonyl (C=O) groups excluding carboxylic acids is 2. The minimum absolute atomic E-state index is 0.0384. The highest BCUT2D eigenvalue weighted by Crippen LogP contribution is 2.28. The Morgan fingerprint density at radius 3 is 2.26 bits per heavy atom. The molecule has 2 N–H and O–H groups in total. The lowest BCUT2D eigenvalue weighted by Crippen LogP contribution is -2.39. The van der Waals surface area contributed by atoms with Crippen molar-refractivity contribution in [1.29, 1.82) is 0 Å². The highest BCUT2D eigenvalue weighted by Gasteiger charge is 2.26. The summed E-state index contributed by atoms with van der Waals surface area (Å²) in [6.45, 7) is 3.53. The van der Waals surface area contributed by atoms with Crippen LogP contribution >= 0.6 is 0 Å². The maximum atomic E-state index is 13.8. The fraction of sp³-hybridized carbons (Fsp3) is 0.231. The van der Waals surface area contributed by atoms with Crippen LogP contribution in [-0.4, -0.2) is 39.9 Å². The van der Waals surface area contributed by atoms with Gasteiger partial charge in [-0.15, -0.1) is 0 Å². The molecule has 0 bridgehead atoms. The largest absolute Gasteiger partial charge is 0.497 e. The first kappa shape index (κ1) is 25.8. The second-order valence-electron chi connectivity index (χ2n) is 8.13. The van der Waals surface area contributed by atoms with Crippen LogP contribution in [0.25, 0.3) is 0 Å². The molecule has 9 heteroatoms. The van der Waals surface area contributed by atoms with Gasteiger partial charge in [-0.1, -0.05) is 36.4 Å². The zero-order chi connectivity index (χ0) is 25.4. The van der Waals surface area contributed by atoms with Crippen molar-refractivity contribution in [2.75, 3.05) is 18.0 Å². The van der Waals surface area contributed by atoms with Crippen LogP contribution in [-0.2, 0) is 21.4 Å². The molecule has 3 aromatic rings. The summed E-state index contributed by atoms with van der Waals surface area (Å²) in [7, 11) is -2.50. The second kappa shape index (κ2) is 11.5. The van der Waals surface area contributed by atoms with Crippen molar-refractivity contribution in [2.24, 2.45) is 0 Å². The van der Waals surface area contributed by atoms with Crippen LogP contribution < -0.4 is 19.7 Å². The Bertz CT molecular complexity index is 1260. The number of sulfonamides is 1. The van der Waals surface area contributed by atoms with Crippen LogP contribution in [0, 0.1) is 0 Å². The molecule has 2 amide bonds. The van der Waals surface area contributed by atoms with Gasteiger partial charge in [-0.2, -0.15) is 0 Å². The average Bonchev–Trinajstić information content (AvgIpc) is 2.86. The summed E-state index contributed by atoms with van der Waals surface area (Å²) in [5.41, 5.74) is 1.39. The number of anilines is 1. The van der Waals surface area contributed by atoms with Gasteiger partial charge in [-0.3, -0.25) is 13.9 Å². The SMILES string of the molecule is COc1ccc(N(Cc2ccccc2)S(=O)(=O)c2cccc(C(=O)NCC(=O)NC(C)C)c2)cc1. The molecule has 184 valence electrons. The molecule has 0 spiro atoms. The third kappa shape index (κ3) is 6.83. The number of benzene rings is 3. The first-order valence-electron chi connectivity index (χ1n) is 11.1. The maximum absolute atomic E-state index is 13.8. The van der Waals surface area contributed by atoms with Crippen molar-refractivity contribution >= 4 is 27.5 Å². The molecule has 0 atom stereocenters. The van der Waals surface area contributed by atoms with E-state index in [-0.39, 0.29) is 35.5 Å². The first-order chi connectivity index (χ1) is 16.7. The van der Waals surface area contributed by atoms with Gasteiger partial charge in [-0.25, -0.2) is 8.42 Å².